The molecule has 0 unspecified atom stereocenters. The fraction of sp³-hybridized carbons (Fsp3) is 0.500. The highest BCUT2D eigenvalue weighted by molar-refractivity contribution is 9.10. The van der Waals surface area contributed by atoms with Crippen LogP contribution in [0, 0.1) is 11.3 Å². The number of ether oxygens (including phenoxy) is 1. The molecule has 5 nitrogen and oxygen atoms in total. The summed E-state index contributed by atoms with van der Waals surface area (Å²) in [5.41, 5.74) is 0.626. The van der Waals surface area contributed by atoms with Gasteiger partial charge in [-0.1, -0.05) is 0 Å². The van der Waals surface area contributed by atoms with Gasteiger partial charge in [-0.3, -0.25) is 4.79 Å². The third kappa shape index (κ3) is 2.92. The van der Waals surface area contributed by atoms with Crippen molar-refractivity contribution >= 4 is 21.6 Å². The zero-order valence-electron chi connectivity index (χ0n) is 9.93. The van der Waals surface area contributed by atoms with E-state index in [9.17, 15) is 4.79 Å². The highest BCUT2D eigenvalue weighted by Gasteiger charge is 2.16. The van der Waals surface area contributed by atoms with Crippen molar-refractivity contribution in [1.82, 2.24) is 4.57 Å². The molecule has 0 amide bonds. The Balaban J connectivity index is 2.32. The number of halogens is 1. The van der Waals surface area contributed by atoms with E-state index >= 15 is 0 Å². The van der Waals surface area contributed by atoms with Gasteiger partial charge in [0.25, 0.3) is 5.56 Å². The van der Waals surface area contributed by atoms with E-state index in [1.807, 2.05) is 11.0 Å². The standard InChI is InChI=1S/C12H14BrN3O2/c13-10-8-11(15-4-6-18-7-5-15)12(17)16(9-10)3-1-2-14/h8-9H,1,3-7H2. The summed E-state index contributed by atoms with van der Waals surface area (Å²) in [5, 5.41) is 8.60. The first kappa shape index (κ1) is 13.1. The van der Waals surface area contributed by atoms with Crippen LogP contribution in [0.4, 0.5) is 5.69 Å². The Kier molecular flexibility index (Phi) is 4.39. The van der Waals surface area contributed by atoms with Gasteiger partial charge in [-0.15, -0.1) is 0 Å². The molecule has 1 aliphatic rings. The molecular weight excluding hydrogens is 298 g/mol. The molecule has 2 rings (SSSR count). The third-order valence-corrected chi connectivity index (χ3v) is 3.28. The first-order valence-electron chi connectivity index (χ1n) is 5.82. The van der Waals surface area contributed by atoms with Gasteiger partial charge in [-0.2, -0.15) is 5.26 Å². The topological polar surface area (TPSA) is 58.3 Å². The van der Waals surface area contributed by atoms with E-state index in [1.54, 1.807) is 10.8 Å². The molecule has 0 aliphatic carbocycles. The molecule has 18 heavy (non-hydrogen) atoms. The second-order valence-electron chi connectivity index (χ2n) is 4.05. The Bertz CT molecular complexity index is 515. The van der Waals surface area contributed by atoms with E-state index in [0.29, 0.717) is 31.9 Å². The highest BCUT2D eigenvalue weighted by Crippen LogP contribution is 2.17. The maximum Gasteiger partial charge on any atom is 0.274 e. The van der Waals surface area contributed by atoms with Gasteiger partial charge in [0.2, 0.25) is 0 Å². The lowest BCUT2D eigenvalue weighted by molar-refractivity contribution is 0.122. The molecule has 1 fully saturated rings. The normalized spacial score (nSPS) is 15.4. The van der Waals surface area contributed by atoms with Crippen LogP contribution in [-0.2, 0) is 11.3 Å². The number of aryl methyl sites for hydroxylation is 1. The fourth-order valence-corrected chi connectivity index (χ4v) is 2.42. The number of nitrogens with zero attached hydrogens (tertiary/aromatic N) is 3. The van der Waals surface area contributed by atoms with Gasteiger partial charge in [0.05, 0.1) is 25.7 Å². The second-order valence-corrected chi connectivity index (χ2v) is 4.97. The van der Waals surface area contributed by atoms with Crippen molar-refractivity contribution in [3.05, 3.63) is 27.1 Å². The molecule has 0 radical (unpaired) electrons. The summed E-state index contributed by atoms with van der Waals surface area (Å²) in [6.07, 6.45) is 2.06. The monoisotopic (exact) mass is 311 g/mol. The van der Waals surface area contributed by atoms with Crippen LogP contribution in [0.5, 0.6) is 0 Å². The molecule has 1 aromatic rings. The number of morpholine rings is 1. The number of nitriles is 1. The number of hydrogen-bond acceptors (Lipinski definition) is 4. The Morgan fingerprint density at radius 2 is 2.17 bits per heavy atom. The van der Waals surface area contributed by atoms with Crippen LogP contribution in [0.15, 0.2) is 21.5 Å². The Hall–Kier alpha value is -1.32. The molecule has 2 heterocycles. The molecule has 0 spiro atoms. The van der Waals surface area contributed by atoms with E-state index in [2.05, 4.69) is 22.0 Å². The predicted octanol–water partition coefficient (Wildman–Crippen LogP) is 1.36. The molecule has 6 heteroatoms. The summed E-state index contributed by atoms with van der Waals surface area (Å²) in [4.78, 5) is 14.3. The van der Waals surface area contributed by atoms with Crippen molar-refractivity contribution in [3.63, 3.8) is 0 Å². The molecule has 0 atom stereocenters. The van der Waals surface area contributed by atoms with Crippen molar-refractivity contribution in [2.75, 3.05) is 31.2 Å². The molecule has 1 aliphatic heterocycles. The SMILES string of the molecule is N#CCCn1cc(Br)cc(N2CCOCC2)c1=O. The van der Waals surface area contributed by atoms with Gasteiger partial charge in [0.15, 0.2) is 0 Å². The van der Waals surface area contributed by atoms with E-state index in [0.717, 1.165) is 17.6 Å². The van der Waals surface area contributed by atoms with Gasteiger partial charge < -0.3 is 14.2 Å². The van der Waals surface area contributed by atoms with Gasteiger partial charge in [0, 0.05) is 30.3 Å². The number of anilines is 1. The van der Waals surface area contributed by atoms with Crippen molar-refractivity contribution in [3.8, 4) is 6.07 Å². The van der Waals surface area contributed by atoms with E-state index in [1.165, 1.54) is 0 Å². The number of pyridine rings is 1. The summed E-state index contributed by atoms with van der Waals surface area (Å²) in [5.74, 6) is 0. The lowest BCUT2D eigenvalue weighted by Crippen LogP contribution is -2.40. The molecule has 0 N–H and O–H groups in total. The lowest BCUT2D eigenvalue weighted by Gasteiger charge is -2.28. The summed E-state index contributed by atoms with van der Waals surface area (Å²) in [6.45, 7) is 3.16. The van der Waals surface area contributed by atoms with Crippen molar-refractivity contribution in [2.45, 2.75) is 13.0 Å². The van der Waals surface area contributed by atoms with Gasteiger partial charge >= 0.3 is 0 Å². The van der Waals surface area contributed by atoms with Crippen LogP contribution in [0.25, 0.3) is 0 Å². The van der Waals surface area contributed by atoms with Crippen LogP contribution in [-0.4, -0.2) is 30.9 Å². The first-order valence-corrected chi connectivity index (χ1v) is 6.61. The Labute approximate surface area is 114 Å². The van der Waals surface area contributed by atoms with Gasteiger partial charge in [-0.05, 0) is 22.0 Å². The largest absolute Gasteiger partial charge is 0.378 e. The van der Waals surface area contributed by atoms with Crippen molar-refractivity contribution < 1.29 is 4.74 Å². The quantitative estimate of drug-likeness (QED) is 0.846. The van der Waals surface area contributed by atoms with Crippen LogP contribution < -0.4 is 10.5 Å². The van der Waals surface area contributed by atoms with Gasteiger partial charge in [-0.25, -0.2) is 0 Å². The number of hydrogen-bond donors (Lipinski definition) is 0. The van der Waals surface area contributed by atoms with Crippen LogP contribution >= 0.6 is 15.9 Å². The zero-order valence-corrected chi connectivity index (χ0v) is 11.5. The Morgan fingerprint density at radius 1 is 1.44 bits per heavy atom. The molecule has 1 saturated heterocycles. The summed E-state index contributed by atoms with van der Waals surface area (Å²) < 4.78 is 7.71. The van der Waals surface area contributed by atoms with Crippen molar-refractivity contribution in [1.29, 1.82) is 5.26 Å². The summed E-state index contributed by atoms with van der Waals surface area (Å²) in [7, 11) is 0. The third-order valence-electron chi connectivity index (χ3n) is 2.85. The number of aromatic nitrogens is 1. The van der Waals surface area contributed by atoms with E-state index in [-0.39, 0.29) is 5.56 Å². The minimum atomic E-state index is -0.0460. The highest BCUT2D eigenvalue weighted by atomic mass is 79.9. The minimum Gasteiger partial charge on any atom is -0.378 e. The maximum absolute atomic E-state index is 12.3. The smallest absolute Gasteiger partial charge is 0.274 e. The molecule has 96 valence electrons. The van der Waals surface area contributed by atoms with Gasteiger partial charge in [0.1, 0.15) is 5.69 Å². The van der Waals surface area contributed by atoms with Crippen LogP contribution in [0.2, 0.25) is 0 Å². The first-order chi connectivity index (χ1) is 8.72. The summed E-state index contributed by atoms with van der Waals surface area (Å²) in [6, 6.07) is 3.88. The number of rotatable bonds is 3. The van der Waals surface area contributed by atoms with Crippen molar-refractivity contribution in [2.24, 2.45) is 0 Å². The fourth-order valence-electron chi connectivity index (χ4n) is 1.95. The minimum absolute atomic E-state index is 0.0460. The summed E-state index contributed by atoms with van der Waals surface area (Å²) >= 11 is 3.41. The molecule has 0 aromatic carbocycles. The molecule has 0 bridgehead atoms. The average molecular weight is 312 g/mol. The van der Waals surface area contributed by atoms with Crippen LogP contribution in [0.3, 0.4) is 0 Å². The van der Waals surface area contributed by atoms with E-state index < -0.39 is 0 Å². The predicted molar refractivity (Wildman–Crippen MR) is 71.7 cm³/mol. The van der Waals surface area contributed by atoms with E-state index in [4.69, 9.17) is 10.00 Å². The Morgan fingerprint density at radius 3 is 2.83 bits per heavy atom. The molecule has 0 saturated carbocycles. The molecular formula is C12H14BrN3O2. The second kappa shape index (κ2) is 6.03. The van der Waals surface area contributed by atoms with Crippen LogP contribution in [0.1, 0.15) is 6.42 Å². The lowest BCUT2D eigenvalue weighted by atomic mass is 10.3. The maximum atomic E-state index is 12.3. The average Bonchev–Trinajstić information content (AvgIpc) is 2.40. The zero-order chi connectivity index (χ0) is 13.0. The molecule has 1 aromatic heterocycles.